The van der Waals surface area contributed by atoms with Crippen LogP contribution in [0.1, 0.15) is 6.92 Å². The van der Waals surface area contributed by atoms with E-state index in [1.807, 2.05) is 25.3 Å². The van der Waals surface area contributed by atoms with Gasteiger partial charge in [-0.2, -0.15) is 0 Å². The molecule has 0 saturated carbocycles. The molecule has 0 amide bonds. The molecule has 0 aromatic carbocycles. The normalized spacial score (nSPS) is 10.9. The summed E-state index contributed by atoms with van der Waals surface area (Å²) in [4.78, 5) is 9.87. The van der Waals surface area contributed by atoms with Gasteiger partial charge < -0.3 is 4.74 Å². The molecule has 0 spiro atoms. The second kappa shape index (κ2) is 6.33. The van der Waals surface area contributed by atoms with Crippen molar-refractivity contribution >= 4 is 38.7 Å². The van der Waals surface area contributed by atoms with Crippen molar-refractivity contribution in [3.63, 3.8) is 0 Å². The number of fused-ring (bicyclic) bond motifs is 1. The number of pyridine rings is 2. The molecular weight excluding hydrogens is 300 g/mol. The molecule has 2 aromatic rings. The third-order valence-electron chi connectivity index (χ3n) is 2.20. The first-order valence-electron chi connectivity index (χ1n) is 5.42. The Morgan fingerprint density at radius 2 is 2.29 bits per heavy atom. The Morgan fingerprint density at radius 1 is 1.41 bits per heavy atom. The average molecular weight is 313 g/mol. The first-order valence-corrected chi connectivity index (χ1v) is 7.20. The molecule has 0 saturated heterocycles. The number of halogens is 1. The van der Waals surface area contributed by atoms with E-state index in [-0.39, 0.29) is 0 Å². The summed E-state index contributed by atoms with van der Waals surface area (Å²) in [5.41, 5.74) is 1.87. The van der Waals surface area contributed by atoms with Gasteiger partial charge in [0.05, 0.1) is 12.1 Å². The Morgan fingerprint density at radius 3 is 3.12 bits per heavy atom. The lowest BCUT2D eigenvalue weighted by atomic mass is 10.3. The van der Waals surface area contributed by atoms with Crippen LogP contribution in [0, 0.1) is 0 Å². The van der Waals surface area contributed by atoms with Crippen molar-refractivity contribution in [1.82, 2.24) is 9.97 Å². The minimum atomic E-state index is 0.765. The van der Waals surface area contributed by atoms with Crippen molar-refractivity contribution in [2.24, 2.45) is 0 Å². The molecule has 0 aliphatic rings. The molecule has 0 fully saturated rings. The average Bonchev–Trinajstić information content (AvgIpc) is 2.34. The third kappa shape index (κ3) is 3.40. The van der Waals surface area contributed by atoms with Crippen molar-refractivity contribution in [2.75, 3.05) is 19.0 Å². The topological polar surface area (TPSA) is 35.0 Å². The van der Waals surface area contributed by atoms with E-state index in [1.54, 1.807) is 18.0 Å². The SMILES string of the molecule is CCOCCSc1ccnc2cc(Br)cnc12. The van der Waals surface area contributed by atoms with Crippen molar-refractivity contribution in [2.45, 2.75) is 11.8 Å². The molecule has 0 N–H and O–H groups in total. The molecule has 2 aromatic heterocycles. The minimum Gasteiger partial charge on any atom is -0.381 e. The van der Waals surface area contributed by atoms with E-state index in [9.17, 15) is 0 Å². The van der Waals surface area contributed by atoms with Gasteiger partial charge in [-0.25, -0.2) is 0 Å². The smallest absolute Gasteiger partial charge is 0.102 e. The zero-order chi connectivity index (χ0) is 12.1. The minimum absolute atomic E-state index is 0.765. The fourth-order valence-corrected chi connectivity index (χ4v) is 2.64. The molecule has 0 unspecified atom stereocenters. The van der Waals surface area contributed by atoms with E-state index in [0.717, 1.165) is 39.4 Å². The van der Waals surface area contributed by atoms with Gasteiger partial charge in [-0.15, -0.1) is 11.8 Å². The van der Waals surface area contributed by atoms with Crippen LogP contribution >= 0.6 is 27.7 Å². The fourth-order valence-electron chi connectivity index (χ4n) is 1.45. The van der Waals surface area contributed by atoms with Crippen molar-refractivity contribution in [3.8, 4) is 0 Å². The number of ether oxygens (including phenoxy) is 1. The molecule has 5 heteroatoms. The van der Waals surface area contributed by atoms with E-state index in [0.29, 0.717) is 0 Å². The molecule has 2 heterocycles. The number of hydrogen-bond donors (Lipinski definition) is 0. The maximum absolute atomic E-state index is 5.32. The molecule has 0 bridgehead atoms. The van der Waals surface area contributed by atoms with E-state index in [1.165, 1.54) is 0 Å². The highest BCUT2D eigenvalue weighted by Crippen LogP contribution is 2.26. The summed E-state index contributed by atoms with van der Waals surface area (Å²) in [6, 6.07) is 3.98. The number of aromatic nitrogens is 2. The number of thioether (sulfide) groups is 1. The molecule has 90 valence electrons. The van der Waals surface area contributed by atoms with Gasteiger partial charge in [0.15, 0.2) is 0 Å². The lowest BCUT2D eigenvalue weighted by Crippen LogP contribution is -1.96. The van der Waals surface area contributed by atoms with Crippen LogP contribution in [0.25, 0.3) is 11.0 Å². The van der Waals surface area contributed by atoms with Gasteiger partial charge in [0, 0.05) is 34.1 Å². The van der Waals surface area contributed by atoms with Crippen LogP contribution in [0.5, 0.6) is 0 Å². The molecule has 3 nitrogen and oxygen atoms in total. The van der Waals surface area contributed by atoms with E-state index in [2.05, 4.69) is 25.9 Å². The second-order valence-corrected chi connectivity index (χ2v) is 5.43. The van der Waals surface area contributed by atoms with Crippen LogP contribution in [-0.2, 0) is 4.74 Å². The standard InChI is InChI=1S/C12H13BrN2OS/c1-2-16-5-6-17-11-3-4-14-10-7-9(13)8-15-12(10)11/h3-4,7-8H,2,5-6H2,1H3. The summed E-state index contributed by atoms with van der Waals surface area (Å²) in [6.45, 7) is 3.54. The van der Waals surface area contributed by atoms with Crippen LogP contribution < -0.4 is 0 Å². The zero-order valence-corrected chi connectivity index (χ0v) is 11.9. The number of nitrogens with zero attached hydrogens (tertiary/aromatic N) is 2. The van der Waals surface area contributed by atoms with Gasteiger partial charge in [0.1, 0.15) is 5.52 Å². The Labute approximate surface area is 113 Å². The lowest BCUT2D eigenvalue weighted by molar-refractivity contribution is 0.164. The van der Waals surface area contributed by atoms with Crippen LogP contribution in [0.15, 0.2) is 33.9 Å². The summed E-state index contributed by atoms with van der Waals surface area (Å²) < 4.78 is 6.27. The summed E-state index contributed by atoms with van der Waals surface area (Å²) in [7, 11) is 0. The first kappa shape index (κ1) is 12.8. The molecule has 0 atom stereocenters. The highest BCUT2D eigenvalue weighted by Gasteiger charge is 2.04. The highest BCUT2D eigenvalue weighted by atomic mass is 79.9. The first-order chi connectivity index (χ1) is 8.31. The molecule has 0 aliphatic carbocycles. The second-order valence-electron chi connectivity index (χ2n) is 3.38. The van der Waals surface area contributed by atoms with Crippen molar-refractivity contribution in [3.05, 3.63) is 29.0 Å². The van der Waals surface area contributed by atoms with E-state index >= 15 is 0 Å². The Bertz CT molecular complexity index is 507. The fraction of sp³-hybridized carbons (Fsp3) is 0.333. The maximum atomic E-state index is 5.32. The molecule has 0 aliphatic heterocycles. The summed E-state index contributed by atoms with van der Waals surface area (Å²) >= 11 is 5.15. The predicted molar refractivity (Wildman–Crippen MR) is 74.5 cm³/mol. The molecule has 2 rings (SSSR count). The van der Waals surface area contributed by atoms with Crippen molar-refractivity contribution < 1.29 is 4.74 Å². The van der Waals surface area contributed by atoms with Gasteiger partial charge in [-0.1, -0.05) is 0 Å². The quantitative estimate of drug-likeness (QED) is 0.625. The van der Waals surface area contributed by atoms with Gasteiger partial charge in [-0.05, 0) is 35.0 Å². The Balaban J connectivity index is 2.16. The van der Waals surface area contributed by atoms with Crippen LogP contribution in [-0.4, -0.2) is 28.9 Å². The van der Waals surface area contributed by atoms with Gasteiger partial charge >= 0.3 is 0 Å². The lowest BCUT2D eigenvalue weighted by Gasteiger charge is -2.05. The van der Waals surface area contributed by atoms with Gasteiger partial charge in [0.2, 0.25) is 0 Å². The molecule has 17 heavy (non-hydrogen) atoms. The molecule has 0 radical (unpaired) electrons. The Kier molecular flexibility index (Phi) is 4.76. The largest absolute Gasteiger partial charge is 0.381 e. The van der Waals surface area contributed by atoms with Gasteiger partial charge in [-0.3, -0.25) is 9.97 Å². The summed E-state index contributed by atoms with van der Waals surface area (Å²) in [6.07, 6.45) is 3.62. The third-order valence-corrected chi connectivity index (χ3v) is 3.64. The number of hydrogen-bond acceptors (Lipinski definition) is 4. The monoisotopic (exact) mass is 312 g/mol. The Hall–Kier alpha value is -0.650. The van der Waals surface area contributed by atoms with E-state index in [4.69, 9.17) is 4.74 Å². The summed E-state index contributed by atoms with van der Waals surface area (Å²) in [5, 5.41) is 0. The zero-order valence-electron chi connectivity index (χ0n) is 9.52. The summed E-state index contributed by atoms with van der Waals surface area (Å²) in [5.74, 6) is 0.935. The van der Waals surface area contributed by atoms with Gasteiger partial charge in [0.25, 0.3) is 0 Å². The maximum Gasteiger partial charge on any atom is 0.102 e. The van der Waals surface area contributed by atoms with Crippen molar-refractivity contribution in [1.29, 1.82) is 0 Å². The predicted octanol–water partition coefficient (Wildman–Crippen LogP) is 3.52. The van der Waals surface area contributed by atoms with E-state index < -0.39 is 0 Å². The van der Waals surface area contributed by atoms with Crippen LogP contribution in [0.3, 0.4) is 0 Å². The highest BCUT2D eigenvalue weighted by molar-refractivity contribution is 9.10. The molecular formula is C12H13BrN2OS. The van der Waals surface area contributed by atoms with Crippen LogP contribution in [0.2, 0.25) is 0 Å². The van der Waals surface area contributed by atoms with Crippen LogP contribution in [0.4, 0.5) is 0 Å². The number of rotatable bonds is 5.